The van der Waals surface area contributed by atoms with Crippen molar-refractivity contribution in [2.24, 2.45) is 0 Å². The number of nitro benzene ring substituents is 1. The zero-order valence-corrected chi connectivity index (χ0v) is 11.3. The number of carbonyl (C=O) groups is 1. The van der Waals surface area contributed by atoms with Gasteiger partial charge in [0.25, 0.3) is 11.6 Å². The Kier molecular flexibility index (Phi) is 4.31. The number of ether oxygens (including phenoxy) is 1. The molecule has 0 aromatic heterocycles. The standard InChI is InChI=1S/C14H10F2N2O4/c1-22-13-7-9(18(20)21)3-5-12(13)17-14(19)10-4-2-8(15)6-11(10)16/h2-7H,1H3,(H,17,19). The Labute approximate surface area is 123 Å². The monoisotopic (exact) mass is 308 g/mol. The van der Waals surface area contributed by atoms with E-state index in [1.54, 1.807) is 0 Å². The summed E-state index contributed by atoms with van der Waals surface area (Å²) in [6.45, 7) is 0. The second-order valence-electron chi connectivity index (χ2n) is 4.22. The Morgan fingerprint density at radius 3 is 2.55 bits per heavy atom. The maximum Gasteiger partial charge on any atom is 0.273 e. The van der Waals surface area contributed by atoms with Gasteiger partial charge in [-0.1, -0.05) is 0 Å². The summed E-state index contributed by atoms with van der Waals surface area (Å²) in [5.74, 6) is -2.60. The predicted octanol–water partition coefficient (Wildman–Crippen LogP) is 3.13. The van der Waals surface area contributed by atoms with Crippen molar-refractivity contribution in [3.63, 3.8) is 0 Å². The third kappa shape index (κ3) is 3.17. The molecular weight excluding hydrogens is 298 g/mol. The van der Waals surface area contributed by atoms with Crippen LogP contribution < -0.4 is 10.1 Å². The van der Waals surface area contributed by atoms with Gasteiger partial charge in [-0.15, -0.1) is 0 Å². The van der Waals surface area contributed by atoms with Crippen molar-refractivity contribution in [1.29, 1.82) is 0 Å². The van der Waals surface area contributed by atoms with E-state index >= 15 is 0 Å². The summed E-state index contributed by atoms with van der Waals surface area (Å²) in [6.07, 6.45) is 0. The number of hydrogen-bond acceptors (Lipinski definition) is 4. The highest BCUT2D eigenvalue weighted by molar-refractivity contribution is 6.05. The second kappa shape index (κ2) is 6.17. The van der Waals surface area contributed by atoms with E-state index in [1.165, 1.54) is 19.2 Å². The summed E-state index contributed by atoms with van der Waals surface area (Å²) in [7, 11) is 1.27. The van der Waals surface area contributed by atoms with E-state index in [0.717, 1.165) is 18.2 Å². The maximum absolute atomic E-state index is 13.5. The van der Waals surface area contributed by atoms with Gasteiger partial charge >= 0.3 is 0 Å². The second-order valence-corrected chi connectivity index (χ2v) is 4.22. The Balaban J connectivity index is 2.30. The molecule has 6 nitrogen and oxygen atoms in total. The number of anilines is 1. The van der Waals surface area contributed by atoms with E-state index in [2.05, 4.69) is 5.32 Å². The van der Waals surface area contributed by atoms with Crippen LogP contribution in [0.4, 0.5) is 20.2 Å². The highest BCUT2D eigenvalue weighted by Crippen LogP contribution is 2.29. The number of nitrogens with zero attached hydrogens (tertiary/aromatic N) is 1. The molecule has 8 heteroatoms. The quantitative estimate of drug-likeness (QED) is 0.695. The molecule has 2 rings (SSSR count). The first-order chi connectivity index (χ1) is 10.4. The van der Waals surface area contributed by atoms with Crippen LogP contribution in [0.1, 0.15) is 10.4 Å². The van der Waals surface area contributed by atoms with Gasteiger partial charge in [0, 0.05) is 12.1 Å². The van der Waals surface area contributed by atoms with Gasteiger partial charge in [0.1, 0.15) is 17.4 Å². The van der Waals surface area contributed by atoms with Crippen molar-refractivity contribution in [1.82, 2.24) is 0 Å². The minimum Gasteiger partial charge on any atom is -0.494 e. The summed E-state index contributed by atoms with van der Waals surface area (Å²) >= 11 is 0. The molecule has 1 N–H and O–H groups in total. The molecule has 22 heavy (non-hydrogen) atoms. The van der Waals surface area contributed by atoms with Gasteiger partial charge in [-0.05, 0) is 18.2 Å². The van der Waals surface area contributed by atoms with Gasteiger partial charge < -0.3 is 10.1 Å². The third-order valence-corrected chi connectivity index (χ3v) is 2.82. The number of hydrogen-bond donors (Lipinski definition) is 1. The first kappa shape index (κ1) is 15.4. The lowest BCUT2D eigenvalue weighted by atomic mass is 10.2. The zero-order chi connectivity index (χ0) is 16.3. The van der Waals surface area contributed by atoms with E-state index in [9.17, 15) is 23.7 Å². The maximum atomic E-state index is 13.5. The molecule has 0 aliphatic heterocycles. The van der Waals surface area contributed by atoms with Crippen LogP contribution in [0.15, 0.2) is 36.4 Å². The third-order valence-electron chi connectivity index (χ3n) is 2.82. The van der Waals surface area contributed by atoms with Crippen molar-refractivity contribution in [2.45, 2.75) is 0 Å². The largest absolute Gasteiger partial charge is 0.494 e. The first-order valence-corrected chi connectivity index (χ1v) is 6.01. The lowest BCUT2D eigenvalue weighted by molar-refractivity contribution is -0.384. The average Bonchev–Trinajstić information content (AvgIpc) is 2.47. The minimum atomic E-state index is -1.02. The predicted molar refractivity (Wildman–Crippen MR) is 74.0 cm³/mol. The van der Waals surface area contributed by atoms with Crippen molar-refractivity contribution < 1.29 is 23.2 Å². The van der Waals surface area contributed by atoms with Crippen LogP contribution in [0, 0.1) is 21.7 Å². The summed E-state index contributed by atoms with van der Waals surface area (Å²) in [5, 5.41) is 13.0. The zero-order valence-electron chi connectivity index (χ0n) is 11.3. The normalized spacial score (nSPS) is 10.1. The molecule has 114 valence electrons. The molecule has 0 aliphatic rings. The smallest absolute Gasteiger partial charge is 0.273 e. The summed E-state index contributed by atoms with van der Waals surface area (Å²) < 4.78 is 31.3. The fourth-order valence-corrected chi connectivity index (χ4v) is 1.76. The summed E-state index contributed by atoms with van der Waals surface area (Å²) in [4.78, 5) is 22.0. The number of carbonyl (C=O) groups excluding carboxylic acids is 1. The van der Waals surface area contributed by atoms with Crippen LogP contribution in [0.5, 0.6) is 5.75 Å². The minimum absolute atomic E-state index is 0.0464. The van der Waals surface area contributed by atoms with E-state index < -0.39 is 22.5 Å². The Bertz CT molecular complexity index is 750. The molecule has 0 bridgehead atoms. The molecule has 0 unspecified atom stereocenters. The highest BCUT2D eigenvalue weighted by atomic mass is 19.1. The number of methoxy groups -OCH3 is 1. The summed E-state index contributed by atoms with van der Waals surface area (Å²) in [5.41, 5.74) is -0.452. The van der Waals surface area contributed by atoms with E-state index in [4.69, 9.17) is 4.74 Å². The number of non-ortho nitro benzene ring substituents is 1. The molecule has 0 fully saturated rings. The number of amides is 1. The van der Waals surface area contributed by atoms with Gasteiger partial charge in [-0.2, -0.15) is 0 Å². The van der Waals surface area contributed by atoms with Crippen LogP contribution >= 0.6 is 0 Å². The van der Waals surface area contributed by atoms with Crippen molar-refractivity contribution in [2.75, 3.05) is 12.4 Å². The van der Waals surface area contributed by atoms with Gasteiger partial charge in [0.2, 0.25) is 0 Å². The van der Waals surface area contributed by atoms with Gasteiger partial charge in [0.05, 0.1) is 29.4 Å². The first-order valence-electron chi connectivity index (χ1n) is 6.01. The van der Waals surface area contributed by atoms with Crippen molar-refractivity contribution >= 4 is 17.3 Å². The lowest BCUT2D eigenvalue weighted by Gasteiger charge is -2.10. The van der Waals surface area contributed by atoms with Crippen molar-refractivity contribution in [3.05, 3.63) is 63.7 Å². The molecule has 0 aliphatic carbocycles. The van der Waals surface area contributed by atoms with Crippen LogP contribution in [-0.4, -0.2) is 17.9 Å². The highest BCUT2D eigenvalue weighted by Gasteiger charge is 2.16. The molecule has 0 spiro atoms. The average molecular weight is 308 g/mol. The molecule has 0 saturated heterocycles. The molecule has 0 heterocycles. The molecule has 2 aromatic carbocycles. The van der Waals surface area contributed by atoms with Crippen LogP contribution in [0.25, 0.3) is 0 Å². The molecule has 0 saturated carbocycles. The lowest BCUT2D eigenvalue weighted by Crippen LogP contribution is -2.14. The fourth-order valence-electron chi connectivity index (χ4n) is 1.76. The van der Waals surface area contributed by atoms with Crippen molar-refractivity contribution in [3.8, 4) is 5.75 Å². The molecule has 0 atom stereocenters. The van der Waals surface area contributed by atoms with Crippen LogP contribution in [0.2, 0.25) is 0 Å². The van der Waals surface area contributed by atoms with E-state index in [1.807, 2.05) is 0 Å². The van der Waals surface area contributed by atoms with E-state index in [-0.39, 0.29) is 22.7 Å². The number of halogens is 2. The molecule has 2 aromatic rings. The number of nitro groups is 1. The van der Waals surface area contributed by atoms with Gasteiger partial charge in [-0.3, -0.25) is 14.9 Å². The Morgan fingerprint density at radius 1 is 1.23 bits per heavy atom. The van der Waals surface area contributed by atoms with Crippen LogP contribution in [-0.2, 0) is 0 Å². The topological polar surface area (TPSA) is 81.5 Å². The van der Waals surface area contributed by atoms with Gasteiger partial charge in [0.15, 0.2) is 0 Å². The van der Waals surface area contributed by atoms with E-state index in [0.29, 0.717) is 6.07 Å². The molecule has 1 amide bonds. The van der Waals surface area contributed by atoms with Gasteiger partial charge in [-0.25, -0.2) is 8.78 Å². The SMILES string of the molecule is COc1cc([N+](=O)[O-])ccc1NC(=O)c1ccc(F)cc1F. The van der Waals surface area contributed by atoms with Crippen LogP contribution in [0.3, 0.4) is 0 Å². The molecular formula is C14H10F2N2O4. The Hall–Kier alpha value is -3.03. The number of benzene rings is 2. The number of nitrogens with one attached hydrogen (secondary N) is 1. The fraction of sp³-hybridized carbons (Fsp3) is 0.0714. The molecule has 0 radical (unpaired) electrons. The Morgan fingerprint density at radius 2 is 1.95 bits per heavy atom. The number of rotatable bonds is 4. The summed E-state index contributed by atoms with van der Waals surface area (Å²) in [6, 6.07) is 6.08.